The molecule has 0 atom stereocenters. The lowest BCUT2D eigenvalue weighted by atomic mass is 10.1. The number of rotatable bonds is 7. The number of carbonyl (C=O) groups excluding carboxylic acids is 1. The minimum atomic E-state index is -0.215. The molecule has 0 aliphatic rings. The summed E-state index contributed by atoms with van der Waals surface area (Å²) in [6, 6.07) is 17.2. The Kier molecular flexibility index (Phi) is 6.24. The Morgan fingerprint density at radius 1 is 1.03 bits per heavy atom. The van der Waals surface area contributed by atoms with Crippen molar-refractivity contribution < 1.29 is 9.53 Å². The molecule has 0 aliphatic carbocycles. The standard InChI is InChI=1S/C24H22N4O2S/c1-16-5-3-8-22(17(16)2)30-14-23(29)26-19-6-4-7-20(13-19)27-24-28-21(15-31-24)18-9-11-25-12-10-18/h3-13,15H,14H2,1-2H3,(H,26,29)(H,27,28). The van der Waals surface area contributed by atoms with E-state index in [1.807, 2.05) is 73.8 Å². The fourth-order valence-corrected chi connectivity index (χ4v) is 3.75. The summed E-state index contributed by atoms with van der Waals surface area (Å²) >= 11 is 1.52. The van der Waals surface area contributed by atoms with E-state index < -0.39 is 0 Å². The predicted molar refractivity (Wildman–Crippen MR) is 125 cm³/mol. The molecule has 0 saturated heterocycles. The van der Waals surface area contributed by atoms with E-state index in [1.165, 1.54) is 11.3 Å². The van der Waals surface area contributed by atoms with Crippen LogP contribution < -0.4 is 15.4 Å². The molecule has 2 aromatic heterocycles. The van der Waals surface area contributed by atoms with Gasteiger partial charge in [-0.1, -0.05) is 18.2 Å². The number of aromatic nitrogens is 2. The summed E-state index contributed by atoms with van der Waals surface area (Å²) in [5.41, 5.74) is 5.60. The summed E-state index contributed by atoms with van der Waals surface area (Å²) in [5.74, 6) is 0.506. The maximum Gasteiger partial charge on any atom is 0.262 e. The van der Waals surface area contributed by atoms with E-state index in [4.69, 9.17) is 4.74 Å². The van der Waals surface area contributed by atoms with Crippen LogP contribution in [0.1, 0.15) is 11.1 Å². The van der Waals surface area contributed by atoms with Crippen molar-refractivity contribution in [1.29, 1.82) is 0 Å². The fourth-order valence-electron chi connectivity index (χ4n) is 3.01. The summed E-state index contributed by atoms with van der Waals surface area (Å²) in [6.45, 7) is 3.95. The number of aryl methyl sites for hydroxylation is 1. The average Bonchev–Trinajstić information content (AvgIpc) is 3.24. The van der Waals surface area contributed by atoms with Gasteiger partial charge in [0.25, 0.3) is 5.91 Å². The first-order chi connectivity index (χ1) is 15.1. The lowest BCUT2D eigenvalue weighted by molar-refractivity contribution is -0.118. The van der Waals surface area contributed by atoms with E-state index in [9.17, 15) is 4.79 Å². The first kappa shape index (κ1) is 20.6. The van der Waals surface area contributed by atoms with Crippen molar-refractivity contribution >= 4 is 33.8 Å². The Labute approximate surface area is 185 Å². The van der Waals surface area contributed by atoms with Crippen molar-refractivity contribution in [2.75, 3.05) is 17.2 Å². The highest BCUT2D eigenvalue weighted by atomic mass is 32.1. The second kappa shape index (κ2) is 9.40. The molecule has 4 aromatic rings. The molecular formula is C24H22N4O2S. The molecular weight excluding hydrogens is 408 g/mol. The number of benzene rings is 2. The summed E-state index contributed by atoms with van der Waals surface area (Å²) in [4.78, 5) is 21.0. The second-order valence-electron chi connectivity index (χ2n) is 7.01. The Bertz CT molecular complexity index is 1190. The van der Waals surface area contributed by atoms with Gasteiger partial charge in [-0.05, 0) is 61.4 Å². The van der Waals surface area contributed by atoms with E-state index in [2.05, 4.69) is 20.6 Å². The third kappa shape index (κ3) is 5.26. The summed E-state index contributed by atoms with van der Waals surface area (Å²) in [5, 5.41) is 8.93. The van der Waals surface area contributed by atoms with Crippen LogP contribution in [-0.4, -0.2) is 22.5 Å². The molecule has 2 heterocycles. The molecule has 0 saturated carbocycles. The molecule has 0 radical (unpaired) electrons. The highest BCUT2D eigenvalue weighted by Gasteiger charge is 2.08. The van der Waals surface area contributed by atoms with Crippen molar-refractivity contribution in [2.24, 2.45) is 0 Å². The Hall–Kier alpha value is -3.71. The van der Waals surface area contributed by atoms with Gasteiger partial charge in [-0.15, -0.1) is 11.3 Å². The number of anilines is 3. The van der Waals surface area contributed by atoms with Crippen LogP contribution in [0, 0.1) is 13.8 Å². The molecule has 31 heavy (non-hydrogen) atoms. The molecule has 0 unspecified atom stereocenters. The van der Waals surface area contributed by atoms with E-state index in [-0.39, 0.29) is 12.5 Å². The summed E-state index contributed by atoms with van der Waals surface area (Å²) in [7, 11) is 0. The van der Waals surface area contributed by atoms with Crippen LogP contribution in [0.15, 0.2) is 72.4 Å². The zero-order valence-corrected chi connectivity index (χ0v) is 18.1. The van der Waals surface area contributed by atoms with Gasteiger partial charge in [0.05, 0.1) is 5.69 Å². The van der Waals surface area contributed by atoms with Crippen LogP contribution in [0.2, 0.25) is 0 Å². The van der Waals surface area contributed by atoms with Crippen LogP contribution in [0.5, 0.6) is 5.75 Å². The number of nitrogens with zero attached hydrogens (tertiary/aromatic N) is 2. The predicted octanol–water partition coefficient (Wildman–Crippen LogP) is 5.58. The van der Waals surface area contributed by atoms with Gasteiger partial charge in [-0.2, -0.15) is 0 Å². The maximum atomic E-state index is 12.3. The van der Waals surface area contributed by atoms with Crippen LogP contribution in [0.3, 0.4) is 0 Å². The fraction of sp³-hybridized carbons (Fsp3) is 0.125. The van der Waals surface area contributed by atoms with E-state index in [1.54, 1.807) is 12.4 Å². The van der Waals surface area contributed by atoms with Crippen molar-refractivity contribution in [3.05, 3.63) is 83.5 Å². The number of nitrogens with one attached hydrogen (secondary N) is 2. The number of carbonyl (C=O) groups is 1. The lowest BCUT2D eigenvalue weighted by Crippen LogP contribution is -2.20. The van der Waals surface area contributed by atoms with Crippen LogP contribution in [0.4, 0.5) is 16.5 Å². The summed E-state index contributed by atoms with van der Waals surface area (Å²) in [6.07, 6.45) is 3.50. The van der Waals surface area contributed by atoms with Crippen molar-refractivity contribution in [1.82, 2.24) is 9.97 Å². The Morgan fingerprint density at radius 3 is 2.65 bits per heavy atom. The van der Waals surface area contributed by atoms with Gasteiger partial charge in [-0.3, -0.25) is 9.78 Å². The zero-order valence-electron chi connectivity index (χ0n) is 17.3. The SMILES string of the molecule is Cc1cccc(OCC(=O)Nc2cccc(Nc3nc(-c4ccncc4)cs3)c2)c1C. The summed E-state index contributed by atoms with van der Waals surface area (Å²) < 4.78 is 5.68. The maximum absolute atomic E-state index is 12.3. The van der Waals surface area contributed by atoms with Gasteiger partial charge in [-0.25, -0.2) is 4.98 Å². The Balaban J connectivity index is 1.36. The number of hydrogen-bond acceptors (Lipinski definition) is 6. The third-order valence-electron chi connectivity index (χ3n) is 4.79. The smallest absolute Gasteiger partial charge is 0.262 e. The molecule has 6 nitrogen and oxygen atoms in total. The molecule has 7 heteroatoms. The molecule has 0 bridgehead atoms. The molecule has 156 valence electrons. The molecule has 2 aromatic carbocycles. The van der Waals surface area contributed by atoms with E-state index in [0.717, 1.165) is 39.0 Å². The van der Waals surface area contributed by atoms with Crippen molar-refractivity contribution in [3.63, 3.8) is 0 Å². The highest BCUT2D eigenvalue weighted by Crippen LogP contribution is 2.27. The number of thiazole rings is 1. The molecule has 0 spiro atoms. The largest absolute Gasteiger partial charge is 0.483 e. The molecule has 0 aliphatic heterocycles. The van der Waals surface area contributed by atoms with Gasteiger partial charge in [0, 0.05) is 34.7 Å². The van der Waals surface area contributed by atoms with Crippen molar-refractivity contribution in [2.45, 2.75) is 13.8 Å². The average molecular weight is 431 g/mol. The van der Waals surface area contributed by atoms with Gasteiger partial charge < -0.3 is 15.4 Å². The number of hydrogen-bond donors (Lipinski definition) is 2. The second-order valence-corrected chi connectivity index (χ2v) is 7.87. The zero-order chi connectivity index (χ0) is 21.6. The lowest BCUT2D eigenvalue weighted by Gasteiger charge is -2.11. The third-order valence-corrected chi connectivity index (χ3v) is 5.55. The quantitative estimate of drug-likeness (QED) is 0.400. The van der Waals surface area contributed by atoms with Crippen LogP contribution >= 0.6 is 11.3 Å². The van der Waals surface area contributed by atoms with Gasteiger partial charge in [0.1, 0.15) is 5.75 Å². The topological polar surface area (TPSA) is 76.1 Å². The molecule has 0 fully saturated rings. The first-order valence-electron chi connectivity index (χ1n) is 9.80. The van der Waals surface area contributed by atoms with Crippen molar-refractivity contribution in [3.8, 4) is 17.0 Å². The first-order valence-corrected chi connectivity index (χ1v) is 10.7. The van der Waals surface area contributed by atoms with Crippen LogP contribution in [0.25, 0.3) is 11.3 Å². The van der Waals surface area contributed by atoms with Gasteiger partial charge in [0.2, 0.25) is 0 Å². The highest BCUT2D eigenvalue weighted by molar-refractivity contribution is 7.14. The Morgan fingerprint density at radius 2 is 1.81 bits per heavy atom. The molecule has 4 rings (SSSR count). The minimum Gasteiger partial charge on any atom is -0.483 e. The monoisotopic (exact) mass is 430 g/mol. The van der Waals surface area contributed by atoms with Gasteiger partial charge in [0.15, 0.2) is 11.7 Å². The normalized spacial score (nSPS) is 10.5. The minimum absolute atomic E-state index is 0.0519. The molecule has 2 N–H and O–H groups in total. The number of pyridine rings is 1. The number of ether oxygens (including phenoxy) is 1. The van der Waals surface area contributed by atoms with Gasteiger partial charge >= 0.3 is 0 Å². The van der Waals surface area contributed by atoms with Crippen LogP contribution in [-0.2, 0) is 4.79 Å². The van der Waals surface area contributed by atoms with E-state index >= 15 is 0 Å². The van der Waals surface area contributed by atoms with E-state index in [0.29, 0.717) is 5.69 Å². The molecule has 1 amide bonds. The number of amides is 1.